The minimum Gasteiger partial charge on any atom is -0.469 e. The average molecular weight is 327 g/mol. The zero-order valence-corrected chi connectivity index (χ0v) is 11.3. The van der Waals surface area contributed by atoms with Crippen molar-refractivity contribution in [3.05, 3.63) is 52.0 Å². The molecular formula is C13H14INO. The number of hydrogen-bond donors (Lipinski definition) is 1. The molecule has 1 atom stereocenters. The number of nitrogens with one attached hydrogen (secondary N) is 1. The van der Waals surface area contributed by atoms with Gasteiger partial charge in [0.25, 0.3) is 0 Å². The molecule has 2 nitrogen and oxygen atoms in total. The van der Waals surface area contributed by atoms with E-state index in [9.17, 15) is 0 Å². The molecular weight excluding hydrogens is 313 g/mol. The van der Waals surface area contributed by atoms with Crippen LogP contribution in [0, 0.1) is 3.57 Å². The summed E-state index contributed by atoms with van der Waals surface area (Å²) < 4.78 is 6.57. The van der Waals surface area contributed by atoms with Gasteiger partial charge in [-0.1, -0.05) is 6.07 Å². The number of halogens is 1. The highest BCUT2D eigenvalue weighted by Crippen LogP contribution is 2.14. The first-order chi connectivity index (χ1) is 7.74. The lowest BCUT2D eigenvalue weighted by Crippen LogP contribution is -2.17. The highest BCUT2D eigenvalue weighted by Gasteiger charge is 2.05. The summed E-state index contributed by atoms with van der Waals surface area (Å²) in [4.78, 5) is 0. The number of hydrogen-bond acceptors (Lipinski definition) is 2. The molecule has 3 heteroatoms. The molecule has 1 aromatic carbocycles. The lowest BCUT2D eigenvalue weighted by atomic mass is 10.2. The first-order valence-electron chi connectivity index (χ1n) is 5.28. The van der Waals surface area contributed by atoms with Crippen molar-refractivity contribution in [3.8, 4) is 0 Å². The van der Waals surface area contributed by atoms with Gasteiger partial charge in [0.2, 0.25) is 0 Å². The van der Waals surface area contributed by atoms with Crippen LogP contribution in [0.2, 0.25) is 0 Å². The van der Waals surface area contributed by atoms with Crippen molar-refractivity contribution in [3.63, 3.8) is 0 Å². The molecule has 0 fully saturated rings. The van der Waals surface area contributed by atoms with Gasteiger partial charge in [0, 0.05) is 21.7 Å². The molecule has 0 aliphatic heterocycles. The molecule has 0 amide bonds. The summed E-state index contributed by atoms with van der Waals surface area (Å²) in [5.41, 5.74) is 1.16. The van der Waals surface area contributed by atoms with Gasteiger partial charge in [-0.3, -0.25) is 0 Å². The van der Waals surface area contributed by atoms with E-state index < -0.39 is 0 Å². The molecule has 1 heterocycles. The second kappa shape index (κ2) is 5.39. The predicted molar refractivity (Wildman–Crippen MR) is 74.7 cm³/mol. The molecule has 0 bridgehead atoms. The second-order valence-corrected chi connectivity index (χ2v) is 5.08. The van der Waals surface area contributed by atoms with Crippen molar-refractivity contribution >= 4 is 28.3 Å². The highest BCUT2D eigenvalue weighted by molar-refractivity contribution is 14.1. The molecule has 1 aromatic heterocycles. The SMILES string of the molecule is CC(Cc1ccco1)Nc1cccc(I)c1. The van der Waals surface area contributed by atoms with Crippen LogP contribution in [0.4, 0.5) is 5.69 Å². The summed E-state index contributed by atoms with van der Waals surface area (Å²) in [6.07, 6.45) is 2.62. The third-order valence-electron chi connectivity index (χ3n) is 2.33. The van der Waals surface area contributed by atoms with E-state index in [0.29, 0.717) is 6.04 Å². The van der Waals surface area contributed by atoms with E-state index in [2.05, 4.69) is 59.1 Å². The molecule has 2 aromatic rings. The van der Waals surface area contributed by atoms with Gasteiger partial charge in [-0.25, -0.2) is 0 Å². The van der Waals surface area contributed by atoms with E-state index in [4.69, 9.17) is 4.42 Å². The van der Waals surface area contributed by atoms with Crippen LogP contribution >= 0.6 is 22.6 Å². The van der Waals surface area contributed by atoms with Crippen LogP contribution in [0.3, 0.4) is 0 Å². The monoisotopic (exact) mass is 327 g/mol. The van der Waals surface area contributed by atoms with Crippen LogP contribution in [-0.4, -0.2) is 6.04 Å². The van der Waals surface area contributed by atoms with Crippen LogP contribution in [-0.2, 0) is 6.42 Å². The average Bonchev–Trinajstić information content (AvgIpc) is 2.70. The van der Waals surface area contributed by atoms with Crippen LogP contribution < -0.4 is 5.32 Å². The minimum absolute atomic E-state index is 0.365. The number of furan rings is 1. The molecule has 2 rings (SSSR count). The molecule has 0 saturated carbocycles. The summed E-state index contributed by atoms with van der Waals surface area (Å²) in [5, 5.41) is 3.46. The third kappa shape index (κ3) is 3.27. The van der Waals surface area contributed by atoms with Crippen molar-refractivity contribution in [2.75, 3.05) is 5.32 Å². The van der Waals surface area contributed by atoms with Gasteiger partial charge >= 0.3 is 0 Å². The van der Waals surface area contributed by atoms with Crippen molar-refractivity contribution in [2.45, 2.75) is 19.4 Å². The maximum atomic E-state index is 5.32. The summed E-state index contributed by atoms with van der Waals surface area (Å²) in [7, 11) is 0. The Labute approximate surface area is 109 Å². The normalized spacial score (nSPS) is 12.4. The van der Waals surface area contributed by atoms with Gasteiger partial charge in [-0.15, -0.1) is 0 Å². The van der Waals surface area contributed by atoms with Gasteiger partial charge in [0.1, 0.15) is 5.76 Å². The number of benzene rings is 1. The summed E-state index contributed by atoms with van der Waals surface area (Å²) in [5.74, 6) is 1.02. The largest absolute Gasteiger partial charge is 0.469 e. The Bertz CT molecular complexity index is 439. The van der Waals surface area contributed by atoms with E-state index in [1.165, 1.54) is 3.57 Å². The van der Waals surface area contributed by atoms with Gasteiger partial charge in [0.05, 0.1) is 6.26 Å². The Morgan fingerprint density at radius 3 is 2.88 bits per heavy atom. The Balaban J connectivity index is 1.94. The Morgan fingerprint density at radius 1 is 1.31 bits per heavy atom. The summed E-state index contributed by atoms with van der Waals surface area (Å²) in [6.45, 7) is 2.16. The quantitative estimate of drug-likeness (QED) is 0.861. The second-order valence-electron chi connectivity index (χ2n) is 3.84. The smallest absolute Gasteiger partial charge is 0.105 e. The van der Waals surface area contributed by atoms with Crippen molar-refractivity contribution in [1.82, 2.24) is 0 Å². The van der Waals surface area contributed by atoms with Crippen LogP contribution in [0.15, 0.2) is 47.1 Å². The molecule has 16 heavy (non-hydrogen) atoms. The van der Waals surface area contributed by atoms with E-state index >= 15 is 0 Å². The maximum absolute atomic E-state index is 5.32. The number of rotatable bonds is 4. The van der Waals surface area contributed by atoms with Crippen molar-refractivity contribution in [2.24, 2.45) is 0 Å². The minimum atomic E-state index is 0.365. The first kappa shape index (κ1) is 11.5. The Morgan fingerprint density at radius 2 is 2.19 bits per heavy atom. The standard InChI is InChI=1S/C13H14INO/c1-10(8-13-6-3-7-16-13)15-12-5-2-4-11(14)9-12/h2-7,9-10,15H,8H2,1H3. The fourth-order valence-corrected chi connectivity index (χ4v) is 2.19. The molecule has 84 valence electrons. The molecule has 0 saturated heterocycles. The van der Waals surface area contributed by atoms with Crippen molar-refractivity contribution < 1.29 is 4.42 Å². The lowest BCUT2D eigenvalue weighted by Gasteiger charge is -2.14. The van der Waals surface area contributed by atoms with Gasteiger partial charge in [-0.05, 0) is 59.8 Å². The van der Waals surface area contributed by atoms with Crippen molar-refractivity contribution in [1.29, 1.82) is 0 Å². The van der Waals surface area contributed by atoms with Crippen LogP contribution in [0.25, 0.3) is 0 Å². The van der Waals surface area contributed by atoms with E-state index in [1.807, 2.05) is 12.1 Å². The fourth-order valence-electron chi connectivity index (χ4n) is 1.64. The molecule has 0 spiro atoms. The highest BCUT2D eigenvalue weighted by atomic mass is 127. The fraction of sp³-hybridized carbons (Fsp3) is 0.231. The Kier molecular flexibility index (Phi) is 3.88. The molecule has 0 aliphatic rings. The summed E-state index contributed by atoms with van der Waals surface area (Å²) >= 11 is 2.32. The number of anilines is 1. The predicted octanol–water partition coefficient (Wildman–Crippen LogP) is 3.93. The third-order valence-corrected chi connectivity index (χ3v) is 3.00. The van der Waals surface area contributed by atoms with E-state index in [0.717, 1.165) is 17.9 Å². The molecule has 1 unspecified atom stereocenters. The summed E-state index contributed by atoms with van der Waals surface area (Å²) in [6, 6.07) is 12.7. The van der Waals surface area contributed by atoms with Gasteiger partial charge in [0.15, 0.2) is 0 Å². The molecule has 0 radical (unpaired) electrons. The van der Waals surface area contributed by atoms with E-state index in [-0.39, 0.29) is 0 Å². The van der Waals surface area contributed by atoms with Gasteiger partial charge in [-0.2, -0.15) is 0 Å². The topological polar surface area (TPSA) is 25.2 Å². The van der Waals surface area contributed by atoms with Crippen LogP contribution in [0.5, 0.6) is 0 Å². The van der Waals surface area contributed by atoms with Crippen LogP contribution in [0.1, 0.15) is 12.7 Å². The maximum Gasteiger partial charge on any atom is 0.105 e. The Hall–Kier alpha value is -0.970. The zero-order valence-electron chi connectivity index (χ0n) is 9.11. The molecule has 0 aliphatic carbocycles. The van der Waals surface area contributed by atoms with Gasteiger partial charge < -0.3 is 9.73 Å². The lowest BCUT2D eigenvalue weighted by molar-refractivity contribution is 0.498. The first-order valence-corrected chi connectivity index (χ1v) is 6.36. The molecule has 1 N–H and O–H groups in total. The van der Waals surface area contributed by atoms with E-state index in [1.54, 1.807) is 6.26 Å². The zero-order chi connectivity index (χ0) is 11.4.